The Labute approximate surface area is 130 Å². The molecule has 4 heteroatoms. The summed E-state index contributed by atoms with van der Waals surface area (Å²) < 4.78 is 5.45. The quantitative estimate of drug-likeness (QED) is 0.726. The first-order valence-electron chi connectivity index (χ1n) is 7.37. The number of benzene rings is 2. The standard InChI is InChI=1S/C18H19N3O/c1-3-22-16-10-6-14(7-11-16)17-12-18(21-20-17)19-15-8-4-13(2)5-9-15/h4-12H,3H2,1-2H3,(H2,19,20,21). The average Bonchev–Trinajstić information content (AvgIpc) is 2.99. The van der Waals surface area contributed by atoms with Crippen molar-refractivity contribution in [3.05, 3.63) is 60.2 Å². The highest BCUT2D eigenvalue weighted by molar-refractivity contribution is 5.66. The number of aryl methyl sites for hydroxylation is 1. The Morgan fingerprint density at radius 1 is 1.05 bits per heavy atom. The molecule has 0 aliphatic heterocycles. The molecule has 2 aromatic carbocycles. The lowest BCUT2D eigenvalue weighted by Gasteiger charge is -2.03. The molecule has 1 heterocycles. The molecule has 0 amide bonds. The average molecular weight is 293 g/mol. The molecule has 0 saturated carbocycles. The summed E-state index contributed by atoms with van der Waals surface area (Å²) in [6.07, 6.45) is 0. The number of hydrogen-bond acceptors (Lipinski definition) is 3. The van der Waals surface area contributed by atoms with Crippen molar-refractivity contribution in [2.75, 3.05) is 11.9 Å². The Hall–Kier alpha value is -2.75. The number of ether oxygens (including phenoxy) is 1. The monoisotopic (exact) mass is 293 g/mol. The molecule has 0 bridgehead atoms. The van der Waals surface area contributed by atoms with Crippen LogP contribution < -0.4 is 10.1 Å². The molecule has 3 aromatic rings. The maximum Gasteiger partial charge on any atom is 0.152 e. The lowest BCUT2D eigenvalue weighted by molar-refractivity contribution is 0.340. The van der Waals surface area contributed by atoms with Gasteiger partial charge in [-0.1, -0.05) is 17.7 Å². The fourth-order valence-electron chi connectivity index (χ4n) is 2.22. The summed E-state index contributed by atoms with van der Waals surface area (Å²) in [6, 6.07) is 18.2. The third kappa shape index (κ3) is 3.28. The van der Waals surface area contributed by atoms with Crippen LogP contribution in [0.25, 0.3) is 11.3 Å². The van der Waals surface area contributed by atoms with Crippen molar-refractivity contribution in [2.45, 2.75) is 13.8 Å². The normalized spacial score (nSPS) is 10.5. The van der Waals surface area contributed by atoms with Gasteiger partial charge in [0.1, 0.15) is 5.75 Å². The third-order valence-corrected chi connectivity index (χ3v) is 3.38. The van der Waals surface area contributed by atoms with Gasteiger partial charge in [0, 0.05) is 11.8 Å². The summed E-state index contributed by atoms with van der Waals surface area (Å²) in [4.78, 5) is 0. The molecule has 22 heavy (non-hydrogen) atoms. The number of aromatic nitrogens is 2. The molecule has 2 N–H and O–H groups in total. The smallest absolute Gasteiger partial charge is 0.152 e. The second kappa shape index (κ2) is 6.35. The number of anilines is 2. The molecule has 0 aliphatic carbocycles. The zero-order valence-electron chi connectivity index (χ0n) is 12.8. The Kier molecular flexibility index (Phi) is 4.10. The van der Waals surface area contributed by atoms with E-state index in [2.05, 4.69) is 34.6 Å². The van der Waals surface area contributed by atoms with E-state index in [4.69, 9.17) is 4.74 Å². The SMILES string of the molecule is CCOc1ccc(-c2cc(Nc3ccc(C)cc3)n[nH]2)cc1. The molecule has 1 aromatic heterocycles. The summed E-state index contributed by atoms with van der Waals surface area (Å²) in [5.74, 6) is 1.68. The van der Waals surface area contributed by atoms with E-state index < -0.39 is 0 Å². The Morgan fingerprint density at radius 3 is 2.45 bits per heavy atom. The van der Waals surface area contributed by atoms with Crippen LogP contribution in [0.3, 0.4) is 0 Å². The van der Waals surface area contributed by atoms with Crippen LogP contribution in [-0.4, -0.2) is 16.8 Å². The van der Waals surface area contributed by atoms with Crippen LogP contribution in [0.1, 0.15) is 12.5 Å². The van der Waals surface area contributed by atoms with Crippen molar-refractivity contribution in [1.29, 1.82) is 0 Å². The van der Waals surface area contributed by atoms with Gasteiger partial charge >= 0.3 is 0 Å². The second-order valence-corrected chi connectivity index (χ2v) is 5.12. The van der Waals surface area contributed by atoms with Gasteiger partial charge in [0.2, 0.25) is 0 Å². The number of nitrogens with zero attached hydrogens (tertiary/aromatic N) is 1. The fraction of sp³-hybridized carbons (Fsp3) is 0.167. The van der Waals surface area contributed by atoms with Crippen LogP contribution in [0, 0.1) is 6.92 Å². The third-order valence-electron chi connectivity index (χ3n) is 3.38. The summed E-state index contributed by atoms with van der Waals surface area (Å²) in [6.45, 7) is 4.72. The van der Waals surface area contributed by atoms with Crippen LogP contribution in [-0.2, 0) is 0 Å². The number of H-pyrrole nitrogens is 1. The Bertz CT molecular complexity index is 730. The highest BCUT2D eigenvalue weighted by atomic mass is 16.5. The van der Waals surface area contributed by atoms with E-state index >= 15 is 0 Å². The van der Waals surface area contributed by atoms with E-state index in [-0.39, 0.29) is 0 Å². The maximum absolute atomic E-state index is 5.45. The zero-order chi connectivity index (χ0) is 15.4. The van der Waals surface area contributed by atoms with Gasteiger partial charge in [-0.05, 0) is 55.8 Å². The predicted octanol–water partition coefficient (Wildman–Crippen LogP) is 4.53. The maximum atomic E-state index is 5.45. The summed E-state index contributed by atoms with van der Waals surface area (Å²) in [7, 11) is 0. The van der Waals surface area contributed by atoms with E-state index in [1.807, 2.05) is 49.4 Å². The molecular weight excluding hydrogens is 274 g/mol. The highest BCUT2D eigenvalue weighted by Crippen LogP contribution is 2.24. The number of aromatic amines is 1. The molecule has 3 rings (SSSR count). The van der Waals surface area contributed by atoms with Gasteiger partial charge < -0.3 is 10.1 Å². The Morgan fingerprint density at radius 2 is 1.77 bits per heavy atom. The zero-order valence-corrected chi connectivity index (χ0v) is 12.8. The van der Waals surface area contributed by atoms with E-state index in [0.717, 1.165) is 28.5 Å². The van der Waals surface area contributed by atoms with Crippen LogP contribution in [0.4, 0.5) is 11.5 Å². The number of hydrogen-bond donors (Lipinski definition) is 2. The second-order valence-electron chi connectivity index (χ2n) is 5.12. The molecular formula is C18H19N3O. The number of nitrogens with one attached hydrogen (secondary N) is 2. The minimum atomic E-state index is 0.675. The first-order chi connectivity index (χ1) is 10.7. The topological polar surface area (TPSA) is 49.9 Å². The predicted molar refractivity (Wildman–Crippen MR) is 89.7 cm³/mol. The van der Waals surface area contributed by atoms with Crippen molar-refractivity contribution in [2.24, 2.45) is 0 Å². The Balaban J connectivity index is 1.74. The molecule has 0 atom stereocenters. The van der Waals surface area contributed by atoms with E-state index in [1.165, 1.54) is 5.56 Å². The fourth-order valence-corrected chi connectivity index (χ4v) is 2.22. The van der Waals surface area contributed by atoms with Crippen LogP contribution >= 0.6 is 0 Å². The van der Waals surface area contributed by atoms with Gasteiger partial charge in [-0.2, -0.15) is 5.10 Å². The molecule has 112 valence electrons. The molecule has 0 spiro atoms. The lowest BCUT2D eigenvalue weighted by Crippen LogP contribution is -1.90. The van der Waals surface area contributed by atoms with E-state index in [9.17, 15) is 0 Å². The molecule has 0 unspecified atom stereocenters. The van der Waals surface area contributed by atoms with Crippen molar-refractivity contribution in [1.82, 2.24) is 10.2 Å². The summed E-state index contributed by atoms with van der Waals surface area (Å²) in [5.41, 5.74) is 4.31. The summed E-state index contributed by atoms with van der Waals surface area (Å²) >= 11 is 0. The van der Waals surface area contributed by atoms with Crippen LogP contribution in [0.2, 0.25) is 0 Å². The number of rotatable bonds is 5. The van der Waals surface area contributed by atoms with Crippen LogP contribution in [0.15, 0.2) is 54.6 Å². The van der Waals surface area contributed by atoms with Crippen molar-refractivity contribution in [3.63, 3.8) is 0 Å². The minimum Gasteiger partial charge on any atom is -0.494 e. The largest absolute Gasteiger partial charge is 0.494 e. The van der Waals surface area contributed by atoms with E-state index in [1.54, 1.807) is 0 Å². The van der Waals surface area contributed by atoms with Gasteiger partial charge in [-0.15, -0.1) is 0 Å². The summed E-state index contributed by atoms with van der Waals surface area (Å²) in [5, 5.41) is 10.6. The molecule has 0 saturated heterocycles. The highest BCUT2D eigenvalue weighted by Gasteiger charge is 2.04. The minimum absolute atomic E-state index is 0.675. The van der Waals surface area contributed by atoms with Gasteiger partial charge in [0.15, 0.2) is 5.82 Å². The van der Waals surface area contributed by atoms with Gasteiger partial charge in [0.25, 0.3) is 0 Å². The molecule has 0 radical (unpaired) electrons. The van der Waals surface area contributed by atoms with Gasteiger partial charge in [-0.3, -0.25) is 5.10 Å². The first-order valence-corrected chi connectivity index (χ1v) is 7.37. The lowest BCUT2D eigenvalue weighted by atomic mass is 10.1. The van der Waals surface area contributed by atoms with E-state index in [0.29, 0.717) is 6.61 Å². The van der Waals surface area contributed by atoms with Crippen molar-refractivity contribution in [3.8, 4) is 17.0 Å². The van der Waals surface area contributed by atoms with Crippen molar-refractivity contribution >= 4 is 11.5 Å². The van der Waals surface area contributed by atoms with Gasteiger partial charge in [-0.25, -0.2) is 0 Å². The molecule has 0 fully saturated rings. The first kappa shape index (κ1) is 14.2. The molecule has 0 aliphatic rings. The molecule has 4 nitrogen and oxygen atoms in total. The van der Waals surface area contributed by atoms with Crippen LogP contribution in [0.5, 0.6) is 5.75 Å². The van der Waals surface area contributed by atoms with Crippen molar-refractivity contribution < 1.29 is 4.74 Å². The van der Waals surface area contributed by atoms with Gasteiger partial charge in [0.05, 0.1) is 12.3 Å².